The number of nitrogens with zero attached hydrogens (tertiary/aromatic N) is 1. The first-order valence-corrected chi connectivity index (χ1v) is 10.4. The molecule has 0 bridgehead atoms. The standard InChI is InChI=1S/C21H32F3NO/c1-19-9-4-5-15(19)14-6-7-17-20(2,16(14)8-10-19)13(12-21(22,23)24)11-18(26)25(17)3/h13-17H,4-12H2,1-3H3/t13?,14-,15-,16+,17?,19-,20+/m0/s1. The van der Waals surface area contributed by atoms with Crippen molar-refractivity contribution in [1.82, 2.24) is 4.90 Å². The second kappa shape index (κ2) is 5.88. The van der Waals surface area contributed by atoms with Gasteiger partial charge in [-0.3, -0.25) is 4.79 Å². The molecule has 3 saturated carbocycles. The Labute approximate surface area is 154 Å². The number of alkyl halides is 3. The minimum Gasteiger partial charge on any atom is -0.342 e. The molecule has 26 heavy (non-hydrogen) atoms. The van der Waals surface area contributed by atoms with E-state index in [4.69, 9.17) is 0 Å². The van der Waals surface area contributed by atoms with Crippen LogP contribution in [0.15, 0.2) is 0 Å². The van der Waals surface area contributed by atoms with Gasteiger partial charge in [0.05, 0.1) is 0 Å². The van der Waals surface area contributed by atoms with Gasteiger partial charge in [0.1, 0.15) is 0 Å². The first kappa shape index (κ1) is 18.6. The molecule has 0 spiro atoms. The van der Waals surface area contributed by atoms with E-state index in [1.165, 1.54) is 19.3 Å². The lowest BCUT2D eigenvalue weighted by Gasteiger charge is -2.64. The smallest absolute Gasteiger partial charge is 0.342 e. The highest BCUT2D eigenvalue weighted by Gasteiger charge is 2.62. The highest BCUT2D eigenvalue weighted by molar-refractivity contribution is 5.78. The molecule has 7 atom stereocenters. The number of fused-ring (bicyclic) bond motifs is 5. The summed E-state index contributed by atoms with van der Waals surface area (Å²) < 4.78 is 40.1. The molecule has 4 rings (SSSR count). The highest BCUT2D eigenvalue weighted by atomic mass is 19.4. The van der Waals surface area contributed by atoms with Crippen LogP contribution in [0.1, 0.15) is 71.6 Å². The maximum absolute atomic E-state index is 13.4. The quantitative estimate of drug-likeness (QED) is 0.603. The Bertz CT molecular complexity index is 590. The third kappa shape index (κ3) is 2.63. The van der Waals surface area contributed by atoms with E-state index in [-0.39, 0.29) is 18.4 Å². The summed E-state index contributed by atoms with van der Waals surface area (Å²) in [5.74, 6) is 0.903. The van der Waals surface area contributed by atoms with Gasteiger partial charge in [0.2, 0.25) is 5.91 Å². The molecule has 0 aromatic carbocycles. The molecule has 4 fully saturated rings. The fourth-order valence-corrected chi connectivity index (χ4v) is 7.87. The Hall–Kier alpha value is -0.740. The molecule has 1 heterocycles. The van der Waals surface area contributed by atoms with Gasteiger partial charge in [-0.05, 0) is 73.0 Å². The van der Waals surface area contributed by atoms with Crippen LogP contribution in [0.3, 0.4) is 0 Å². The number of hydrogen-bond acceptors (Lipinski definition) is 1. The Morgan fingerprint density at radius 1 is 1.08 bits per heavy atom. The van der Waals surface area contributed by atoms with Gasteiger partial charge >= 0.3 is 6.18 Å². The largest absolute Gasteiger partial charge is 0.389 e. The van der Waals surface area contributed by atoms with E-state index in [1.54, 1.807) is 4.90 Å². The van der Waals surface area contributed by atoms with E-state index in [0.29, 0.717) is 23.2 Å². The summed E-state index contributed by atoms with van der Waals surface area (Å²) >= 11 is 0. The first-order valence-electron chi connectivity index (χ1n) is 10.4. The van der Waals surface area contributed by atoms with E-state index in [2.05, 4.69) is 13.8 Å². The summed E-state index contributed by atoms with van der Waals surface area (Å²) in [6.07, 6.45) is 3.02. The summed E-state index contributed by atoms with van der Waals surface area (Å²) in [6.45, 7) is 4.52. The van der Waals surface area contributed by atoms with Crippen LogP contribution in [0.2, 0.25) is 0 Å². The molecule has 5 heteroatoms. The zero-order chi connectivity index (χ0) is 18.9. The van der Waals surface area contributed by atoms with Crippen LogP contribution in [0.25, 0.3) is 0 Å². The van der Waals surface area contributed by atoms with Crippen molar-refractivity contribution in [2.75, 3.05) is 7.05 Å². The number of carbonyl (C=O) groups excluding carboxylic acids is 1. The van der Waals surface area contributed by atoms with Gasteiger partial charge in [-0.15, -0.1) is 0 Å². The second-order valence-corrected chi connectivity index (χ2v) is 10.1. The lowest BCUT2D eigenvalue weighted by molar-refractivity contribution is -0.199. The number of amides is 1. The predicted octanol–water partition coefficient (Wildman–Crippen LogP) is 5.42. The lowest BCUT2D eigenvalue weighted by Crippen LogP contribution is -2.64. The molecule has 0 radical (unpaired) electrons. The predicted molar refractivity (Wildman–Crippen MR) is 94.3 cm³/mol. The van der Waals surface area contributed by atoms with Gasteiger partial charge in [-0.1, -0.05) is 20.3 Å². The molecule has 0 N–H and O–H groups in total. The van der Waals surface area contributed by atoms with Gasteiger partial charge in [0.25, 0.3) is 0 Å². The topological polar surface area (TPSA) is 20.3 Å². The molecule has 0 aromatic heterocycles. The third-order valence-electron chi connectivity index (χ3n) is 9.15. The van der Waals surface area contributed by atoms with Crippen molar-refractivity contribution < 1.29 is 18.0 Å². The van der Waals surface area contributed by atoms with Crippen LogP contribution in [-0.2, 0) is 4.79 Å². The Morgan fingerprint density at radius 3 is 2.50 bits per heavy atom. The maximum atomic E-state index is 13.4. The fraction of sp³-hybridized carbons (Fsp3) is 0.952. The minimum absolute atomic E-state index is 0.0249. The lowest BCUT2D eigenvalue weighted by atomic mass is 9.45. The maximum Gasteiger partial charge on any atom is 0.389 e. The van der Waals surface area contributed by atoms with Gasteiger partial charge < -0.3 is 4.90 Å². The zero-order valence-corrected chi connectivity index (χ0v) is 16.2. The molecule has 2 nitrogen and oxygen atoms in total. The first-order chi connectivity index (χ1) is 12.1. The van der Waals surface area contributed by atoms with Crippen LogP contribution in [0.5, 0.6) is 0 Å². The third-order valence-corrected chi connectivity index (χ3v) is 9.15. The van der Waals surface area contributed by atoms with E-state index in [1.807, 2.05) is 7.05 Å². The van der Waals surface area contributed by atoms with Crippen LogP contribution in [0.4, 0.5) is 13.2 Å². The van der Waals surface area contributed by atoms with Crippen molar-refractivity contribution in [3.05, 3.63) is 0 Å². The molecule has 0 aromatic rings. The van der Waals surface area contributed by atoms with Gasteiger partial charge in [0.15, 0.2) is 0 Å². The molecule has 4 aliphatic rings. The summed E-state index contributed by atoms with van der Waals surface area (Å²) in [5, 5.41) is 0. The average Bonchev–Trinajstić information content (AvgIpc) is 2.93. The number of likely N-dealkylation sites (tertiary alicyclic amines) is 1. The highest BCUT2D eigenvalue weighted by Crippen LogP contribution is 2.66. The summed E-state index contributed by atoms with van der Waals surface area (Å²) in [7, 11) is 1.82. The molecular weight excluding hydrogens is 339 g/mol. The number of carbonyl (C=O) groups is 1. The summed E-state index contributed by atoms with van der Waals surface area (Å²) in [6, 6.07) is -0.0249. The van der Waals surface area contributed by atoms with E-state index in [9.17, 15) is 18.0 Å². The van der Waals surface area contributed by atoms with E-state index < -0.39 is 23.9 Å². The number of halogens is 3. The SMILES string of the molecule is CN1C(=O)CC(CC(F)(F)F)[C@@]2(C)C1CC[C@@H]1[C@H]2CC[C@]2(C)CCC[C@@H]12. The second-order valence-electron chi connectivity index (χ2n) is 10.1. The van der Waals surface area contributed by atoms with E-state index in [0.717, 1.165) is 25.7 Å². The molecule has 1 aliphatic heterocycles. The van der Waals surface area contributed by atoms with Crippen LogP contribution in [-0.4, -0.2) is 30.1 Å². The van der Waals surface area contributed by atoms with Crippen molar-refractivity contribution in [2.24, 2.45) is 34.5 Å². The zero-order valence-electron chi connectivity index (χ0n) is 16.2. The van der Waals surface area contributed by atoms with E-state index >= 15 is 0 Å². The fourth-order valence-electron chi connectivity index (χ4n) is 7.87. The van der Waals surface area contributed by atoms with Crippen LogP contribution < -0.4 is 0 Å². The Kier molecular flexibility index (Phi) is 4.21. The van der Waals surface area contributed by atoms with Crippen molar-refractivity contribution in [3.63, 3.8) is 0 Å². The molecule has 2 unspecified atom stereocenters. The molecule has 148 valence electrons. The molecule has 1 amide bonds. The van der Waals surface area contributed by atoms with Crippen molar-refractivity contribution in [2.45, 2.75) is 83.9 Å². The molecule has 3 aliphatic carbocycles. The summed E-state index contributed by atoms with van der Waals surface area (Å²) in [4.78, 5) is 14.2. The normalized spacial score (nSPS) is 48.8. The number of piperidine rings is 1. The molecular formula is C21H32F3NO. The van der Waals surface area contributed by atoms with Crippen LogP contribution >= 0.6 is 0 Å². The monoisotopic (exact) mass is 371 g/mol. The van der Waals surface area contributed by atoms with Crippen molar-refractivity contribution in [1.29, 1.82) is 0 Å². The van der Waals surface area contributed by atoms with Gasteiger partial charge in [-0.25, -0.2) is 0 Å². The van der Waals surface area contributed by atoms with Crippen molar-refractivity contribution in [3.8, 4) is 0 Å². The summed E-state index contributed by atoms with van der Waals surface area (Å²) in [5.41, 5.74) is 0.00525. The van der Waals surface area contributed by atoms with Gasteiger partial charge in [0, 0.05) is 25.9 Å². The number of hydrogen-bond donors (Lipinski definition) is 0. The average molecular weight is 371 g/mol. The minimum atomic E-state index is -4.20. The number of rotatable bonds is 1. The Balaban J connectivity index is 1.70. The molecule has 1 saturated heterocycles. The van der Waals surface area contributed by atoms with Gasteiger partial charge in [-0.2, -0.15) is 13.2 Å². The Morgan fingerprint density at radius 2 is 1.81 bits per heavy atom. The van der Waals surface area contributed by atoms with Crippen molar-refractivity contribution >= 4 is 5.91 Å². The van der Waals surface area contributed by atoms with Crippen LogP contribution in [0, 0.1) is 34.5 Å².